The number of pyridine rings is 2. The van der Waals surface area contributed by atoms with Gasteiger partial charge in [-0.25, -0.2) is 0 Å². The van der Waals surface area contributed by atoms with E-state index in [1.54, 1.807) is 12.1 Å². The lowest BCUT2D eigenvalue weighted by molar-refractivity contribution is 0.475. The average molecular weight is 280 g/mol. The van der Waals surface area contributed by atoms with Crippen molar-refractivity contribution in [1.29, 1.82) is 0 Å². The maximum atomic E-state index is 12.1. The summed E-state index contributed by atoms with van der Waals surface area (Å²) in [5, 5.41) is 10.4. The second kappa shape index (κ2) is 3.90. The number of hydrogen-bond donors (Lipinski definition) is 1. The number of aromatic hydroxyl groups is 1. The summed E-state index contributed by atoms with van der Waals surface area (Å²) in [6.45, 7) is 0. The Bertz CT molecular complexity index is 840. The molecule has 0 saturated heterocycles. The summed E-state index contributed by atoms with van der Waals surface area (Å²) >= 11 is 11.8. The highest BCUT2D eigenvalue weighted by Crippen LogP contribution is 2.33. The Labute approximate surface area is 112 Å². The van der Waals surface area contributed by atoms with Crippen LogP contribution in [0.3, 0.4) is 0 Å². The molecule has 0 aliphatic rings. The van der Waals surface area contributed by atoms with E-state index in [0.717, 1.165) is 5.39 Å². The van der Waals surface area contributed by atoms with E-state index in [-0.39, 0.29) is 15.8 Å². The summed E-state index contributed by atoms with van der Waals surface area (Å²) in [6.07, 6.45) is 0. The Hall–Kier alpha value is -1.71. The highest BCUT2D eigenvalue weighted by Gasteiger charge is 2.15. The van der Waals surface area contributed by atoms with E-state index in [9.17, 15) is 9.90 Å². The molecular formula is C13H7Cl2NO2. The van der Waals surface area contributed by atoms with Crippen molar-refractivity contribution in [3.8, 4) is 5.75 Å². The van der Waals surface area contributed by atoms with Crippen molar-refractivity contribution in [2.45, 2.75) is 0 Å². The van der Waals surface area contributed by atoms with Crippen molar-refractivity contribution in [2.24, 2.45) is 0 Å². The van der Waals surface area contributed by atoms with Crippen LogP contribution in [-0.4, -0.2) is 9.51 Å². The molecular weight excluding hydrogens is 273 g/mol. The number of hydrogen-bond acceptors (Lipinski definition) is 2. The fourth-order valence-electron chi connectivity index (χ4n) is 2.01. The van der Waals surface area contributed by atoms with Gasteiger partial charge in [0.1, 0.15) is 10.0 Å². The predicted molar refractivity (Wildman–Crippen MR) is 72.9 cm³/mol. The third-order valence-electron chi connectivity index (χ3n) is 2.87. The molecule has 3 nitrogen and oxygen atoms in total. The molecule has 0 fully saturated rings. The van der Waals surface area contributed by atoms with Gasteiger partial charge in [0.2, 0.25) is 0 Å². The van der Waals surface area contributed by atoms with Gasteiger partial charge in [-0.05, 0) is 17.5 Å². The van der Waals surface area contributed by atoms with E-state index >= 15 is 0 Å². The molecule has 3 aromatic rings. The summed E-state index contributed by atoms with van der Waals surface area (Å²) in [7, 11) is 0. The monoisotopic (exact) mass is 279 g/mol. The number of fused-ring (bicyclic) bond motifs is 3. The number of nitrogens with zero attached hydrogens (tertiary/aromatic N) is 1. The Morgan fingerprint density at radius 1 is 0.944 bits per heavy atom. The number of aromatic nitrogens is 1. The van der Waals surface area contributed by atoms with E-state index in [2.05, 4.69) is 0 Å². The first kappa shape index (κ1) is 11.4. The lowest BCUT2D eigenvalue weighted by atomic mass is 10.2. The van der Waals surface area contributed by atoms with Crippen molar-refractivity contribution >= 4 is 39.6 Å². The molecule has 0 aliphatic carbocycles. The van der Waals surface area contributed by atoms with E-state index < -0.39 is 5.56 Å². The molecule has 0 atom stereocenters. The van der Waals surface area contributed by atoms with Crippen molar-refractivity contribution in [3.63, 3.8) is 0 Å². The smallest absolute Gasteiger partial charge is 0.278 e. The highest BCUT2D eigenvalue weighted by molar-refractivity contribution is 6.39. The summed E-state index contributed by atoms with van der Waals surface area (Å²) in [4.78, 5) is 12.1. The van der Waals surface area contributed by atoms with Crippen LogP contribution >= 0.6 is 23.2 Å². The Kier molecular flexibility index (Phi) is 2.47. The third kappa shape index (κ3) is 1.41. The second-order valence-electron chi connectivity index (χ2n) is 3.89. The SMILES string of the molecule is O=c1c(Cl)c(O)c(Cl)c2ccc3ccccc3n12. The standard InChI is InChI=1S/C13H7Cl2NO2/c14-10-9-6-5-7-3-1-2-4-8(7)16(9)13(18)11(15)12(10)17/h1-6,17H. The van der Waals surface area contributed by atoms with Gasteiger partial charge in [-0.15, -0.1) is 0 Å². The Morgan fingerprint density at radius 3 is 2.44 bits per heavy atom. The van der Waals surface area contributed by atoms with Gasteiger partial charge in [0, 0.05) is 0 Å². The summed E-state index contributed by atoms with van der Waals surface area (Å²) in [5.74, 6) is -0.376. The van der Waals surface area contributed by atoms with Crippen LogP contribution in [0.2, 0.25) is 10.0 Å². The number of para-hydroxylation sites is 1. The fourth-order valence-corrected chi connectivity index (χ4v) is 2.48. The van der Waals surface area contributed by atoms with Gasteiger partial charge in [-0.3, -0.25) is 9.20 Å². The molecule has 0 saturated carbocycles. The molecule has 0 spiro atoms. The maximum absolute atomic E-state index is 12.1. The molecule has 1 N–H and O–H groups in total. The molecule has 1 aromatic carbocycles. The van der Waals surface area contributed by atoms with Crippen molar-refractivity contribution in [1.82, 2.24) is 4.40 Å². The van der Waals surface area contributed by atoms with Crippen LogP contribution in [0, 0.1) is 0 Å². The highest BCUT2D eigenvalue weighted by atomic mass is 35.5. The second-order valence-corrected chi connectivity index (χ2v) is 4.65. The zero-order valence-corrected chi connectivity index (χ0v) is 10.5. The fraction of sp³-hybridized carbons (Fsp3) is 0. The molecule has 0 amide bonds. The van der Waals surface area contributed by atoms with Crippen LogP contribution in [0.15, 0.2) is 41.2 Å². The quantitative estimate of drug-likeness (QED) is 0.641. The molecule has 18 heavy (non-hydrogen) atoms. The normalized spacial score (nSPS) is 11.2. The van der Waals surface area contributed by atoms with Gasteiger partial charge < -0.3 is 5.11 Å². The number of halogens is 2. The summed E-state index contributed by atoms with van der Waals surface area (Å²) in [6, 6.07) is 10.9. The van der Waals surface area contributed by atoms with Gasteiger partial charge in [-0.1, -0.05) is 47.5 Å². The Balaban J connectivity index is 2.71. The lowest BCUT2D eigenvalue weighted by Gasteiger charge is -2.09. The first-order valence-electron chi connectivity index (χ1n) is 5.21. The van der Waals surface area contributed by atoms with Gasteiger partial charge in [0.05, 0.1) is 11.0 Å². The van der Waals surface area contributed by atoms with Crippen LogP contribution in [0.5, 0.6) is 5.75 Å². The van der Waals surface area contributed by atoms with E-state index in [1.807, 2.05) is 24.3 Å². The average Bonchev–Trinajstić information content (AvgIpc) is 2.41. The zero-order chi connectivity index (χ0) is 12.9. The molecule has 0 radical (unpaired) electrons. The largest absolute Gasteiger partial charge is 0.505 e. The molecule has 5 heteroatoms. The lowest BCUT2D eigenvalue weighted by Crippen LogP contribution is -2.15. The third-order valence-corrected chi connectivity index (χ3v) is 3.58. The Morgan fingerprint density at radius 2 is 1.67 bits per heavy atom. The van der Waals surface area contributed by atoms with Crippen LogP contribution in [0.4, 0.5) is 0 Å². The van der Waals surface area contributed by atoms with Crippen molar-refractivity contribution in [3.05, 3.63) is 56.8 Å². The minimum Gasteiger partial charge on any atom is -0.505 e. The zero-order valence-electron chi connectivity index (χ0n) is 9.02. The first-order valence-corrected chi connectivity index (χ1v) is 5.97. The van der Waals surface area contributed by atoms with Crippen molar-refractivity contribution < 1.29 is 5.11 Å². The van der Waals surface area contributed by atoms with Crippen LogP contribution < -0.4 is 5.56 Å². The minimum atomic E-state index is -0.481. The van der Waals surface area contributed by atoms with Crippen LogP contribution in [0.1, 0.15) is 0 Å². The molecule has 90 valence electrons. The first-order chi connectivity index (χ1) is 8.61. The van der Waals surface area contributed by atoms with Gasteiger partial charge in [-0.2, -0.15) is 0 Å². The minimum absolute atomic E-state index is 0.0744. The van der Waals surface area contributed by atoms with Crippen LogP contribution in [-0.2, 0) is 0 Å². The number of benzene rings is 1. The van der Waals surface area contributed by atoms with Crippen LogP contribution in [0.25, 0.3) is 16.4 Å². The van der Waals surface area contributed by atoms with E-state index in [0.29, 0.717) is 11.0 Å². The van der Waals surface area contributed by atoms with Gasteiger partial charge >= 0.3 is 0 Å². The molecule has 0 unspecified atom stereocenters. The van der Waals surface area contributed by atoms with E-state index in [1.165, 1.54) is 4.40 Å². The topological polar surface area (TPSA) is 41.7 Å². The number of rotatable bonds is 0. The van der Waals surface area contributed by atoms with Crippen molar-refractivity contribution in [2.75, 3.05) is 0 Å². The predicted octanol–water partition coefficient (Wildman–Crippen LogP) is 3.47. The molecule has 2 heterocycles. The molecule has 2 aromatic heterocycles. The maximum Gasteiger partial charge on any atom is 0.278 e. The van der Waals surface area contributed by atoms with Gasteiger partial charge in [0.25, 0.3) is 5.56 Å². The summed E-state index contributed by atoms with van der Waals surface area (Å²) in [5.41, 5.74) is 0.649. The molecule has 0 aliphatic heterocycles. The molecule has 0 bridgehead atoms. The molecule has 3 rings (SSSR count). The van der Waals surface area contributed by atoms with E-state index in [4.69, 9.17) is 23.2 Å². The van der Waals surface area contributed by atoms with Gasteiger partial charge in [0.15, 0.2) is 5.75 Å². The summed E-state index contributed by atoms with van der Waals surface area (Å²) < 4.78 is 1.40.